The molecule has 0 saturated heterocycles. The molecule has 1 aromatic heterocycles. The number of nitrogens with two attached hydrogens (primary N) is 1. The molecule has 1 heterocycles. The first-order valence-electron chi connectivity index (χ1n) is 5.51. The van der Waals surface area contributed by atoms with Gasteiger partial charge in [0.05, 0.1) is 23.6 Å². The smallest absolute Gasteiger partial charge is 0.416 e. The average Bonchev–Trinajstić information content (AvgIpc) is 2.76. The zero-order chi connectivity index (χ0) is 14.0. The fourth-order valence-corrected chi connectivity index (χ4v) is 1.55. The Kier molecular flexibility index (Phi) is 3.48. The summed E-state index contributed by atoms with van der Waals surface area (Å²) in [5, 5.41) is 3.93. The molecule has 102 valence electrons. The molecule has 2 N–H and O–H groups in total. The van der Waals surface area contributed by atoms with E-state index in [4.69, 9.17) is 10.5 Å². The molecule has 0 aliphatic heterocycles. The molecule has 0 radical (unpaired) electrons. The van der Waals surface area contributed by atoms with Crippen molar-refractivity contribution >= 4 is 0 Å². The first-order valence-corrected chi connectivity index (χ1v) is 5.51. The maximum Gasteiger partial charge on any atom is 0.416 e. The summed E-state index contributed by atoms with van der Waals surface area (Å²) < 4.78 is 44.3. The number of ether oxygens (including phenoxy) is 1. The van der Waals surface area contributed by atoms with E-state index in [1.165, 1.54) is 29.2 Å². The van der Waals surface area contributed by atoms with E-state index in [1.807, 2.05) is 0 Å². The van der Waals surface area contributed by atoms with Crippen molar-refractivity contribution in [1.82, 2.24) is 9.78 Å². The lowest BCUT2D eigenvalue weighted by atomic mass is 10.2. The highest BCUT2D eigenvalue weighted by Gasteiger charge is 2.30. The van der Waals surface area contributed by atoms with Gasteiger partial charge in [-0.15, -0.1) is 0 Å². The molecule has 0 aliphatic carbocycles. The van der Waals surface area contributed by atoms with Gasteiger partial charge in [0.2, 0.25) is 0 Å². The molecule has 0 amide bonds. The van der Waals surface area contributed by atoms with E-state index in [1.54, 1.807) is 6.92 Å². The Morgan fingerprint density at radius 1 is 1.37 bits per heavy atom. The van der Waals surface area contributed by atoms with Crippen molar-refractivity contribution in [3.63, 3.8) is 0 Å². The fraction of sp³-hybridized carbons (Fsp3) is 0.250. The van der Waals surface area contributed by atoms with Crippen molar-refractivity contribution in [3.05, 3.63) is 42.2 Å². The molecule has 4 nitrogen and oxygen atoms in total. The second-order valence-corrected chi connectivity index (χ2v) is 3.99. The summed E-state index contributed by atoms with van der Waals surface area (Å²) in [5.74, 6) is 0.396. The number of benzene rings is 1. The van der Waals surface area contributed by atoms with Gasteiger partial charge in [0.25, 0.3) is 0 Å². The van der Waals surface area contributed by atoms with Gasteiger partial charge < -0.3 is 4.74 Å². The maximum atomic E-state index is 12.6. The Morgan fingerprint density at radius 3 is 2.74 bits per heavy atom. The fourth-order valence-electron chi connectivity index (χ4n) is 1.55. The van der Waals surface area contributed by atoms with E-state index >= 15 is 0 Å². The zero-order valence-electron chi connectivity index (χ0n) is 10.1. The molecule has 2 aromatic rings. The van der Waals surface area contributed by atoms with Gasteiger partial charge in [-0.25, -0.2) is 4.68 Å². The van der Waals surface area contributed by atoms with E-state index in [2.05, 4.69) is 5.10 Å². The van der Waals surface area contributed by atoms with Crippen LogP contribution in [0.5, 0.6) is 5.75 Å². The topological polar surface area (TPSA) is 53.1 Å². The van der Waals surface area contributed by atoms with Crippen molar-refractivity contribution in [1.29, 1.82) is 0 Å². The van der Waals surface area contributed by atoms with E-state index < -0.39 is 18.0 Å². The zero-order valence-corrected chi connectivity index (χ0v) is 10.1. The summed E-state index contributed by atoms with van der Waals surface area (Å²) in [6, 6.07) is 4.87. The maximum absolute atomic E-state index is 12.6. The normalized spacial score (nSPS) is 13.3. The van der Waals surface area contributed by atoms with Crippen LogP contribution in [0.15, 0.2) is 36.7 Å². The van der Waals surface area contributed by atoms with Crippen molar-refractivity contribution in [3.8, 4) is 11.4 Å². The molecule has 0 saturated carbocycles. The summed E-state index contributed by atoms with van der Waals surface area (Å²) >= 11 is 0. The average molecular weight is 271 g/mol. The van der Waals surface area contributed by atoms with Crippen molar-refractivity contribution in [2.75, 3.05) is 0 Å². The van der Waals surface area contributed by atoms with Crippen LogP contribution < -0.4 is 10.5 Å². The molecule has 0 aliphatic rings. The number of hydrogen-bond donors (Lipinski definition) is 1. The van der Waals surface area contributed by atoms with E-state index in [0.29, 0.717) is 11.4 Å². The van der Waals surface area contributed by atoms with Gasteiger partial charge in [-0.1, -0.05) is 6.07 Å². The van der Waals surface area contributed by atoms with Gasteiger partial charge in [0.1, 0.15) is 6.23 Å². The monoisotopic (exact) mass is 271 g/mol. The van der Waals surface area contributed by atoms with Crippen LogP contribution in [0.25, 0.3) is 5.69 Å². The van der Waals surface area contributed by atoms with Gasteiger partial charge in [-0.05, 0) is 25.1 Å². The van der Waals surface area contributed by atoms with E-state index in [-0.39, 0.29) is 0 Å². The van der Waals surface area contributed by atoms with Crippen molar-refractivity contribution in [2.45, 2.75) is 19.3 Å². The first kappa shape index (κ1) is 13.4. The third-order valence-corrected chi connectivity index (χ3v) is 2.32. The summed E-state index contributed by atoms with van der Waals surface area (Å²) in [4.78, 5) is 0. The minimum atomic E-state index is -4.38. The Bertz CT molecular complexity index is 563. The third-order valence-electron chi connectivity index (χ3n) is 2.32. The number of halogens is 3. The van der Waals surface area contributed by atoms with Gasteiger partial charge >= 0.3 is 6.18 Å². The predicted molar refractivity (Wildman–Crippen MR) is 62.8 cm³/mol. The third kappa shape index (κ3) is 3.25. The molecular formula is C12H12F3N3O. The molecule has 0 fully saturated rings. The Labute approximate surface area is 107 Å². The van der Waals surface area contributed by atoms with Crippen molar-refractivity contribution in [2.24, 2.45) is 5.73 Å². The highest BCUT2D eigenvalue weighted by molar-refractivity contribution is 5.37. The highest BCUT2D eigenvalue weighted by atomic mass is 19.4. The molecule has 1 unspecified atom stereocenters. The van der Waals surface area contributed by atoms with Gasteiger partial charge in [0, 0.05) is 0 Å². The number of aromatic nitrogens is 2. The molecular weight excluding hydrogens is 259 g/mol. The van der Waals surface area contributed by atoms with Crippen LogP contribution in [-0.4, -0.2) is 16.0 Å². The molecule has 2 rings (SSSR count). The SMILES string of the molecule is CC(N)Oc1cnn(-c2cccc(C(F)(F)F)c2)c1. The minimum Gasteiger partial charge on any atom is -0.473 e. The summed E-state index contributed by atoms with van der Waals surface area (Å²) in [7, 11) is 0. The Morgan fingerprint density at radius 2 is 2.11 bits per heavy atom. The summed E-state index contributed by atoms with van der Waals surface area (Å²) in [6.45, 7) is 1.64. The lowest BCUT2D eigenvalue weighted by molar-refractivity contribution is -0.137. The van der Waals surface area contributed by atoms with Crippen LogP contribution in [-0.2, 0) is 6.18 Å². The van der Waals surface area contributed by atoms with Crippen LogP contribution in [0.2, 0.25) is 0 Å². The van der Waals surface area contributed by atoms with E-state index in [0.717, 1.165) is 12.1 Å². The first-order chi connectivity index (χ1) is 8.86. The largest absolute Gasteiger partial charge is 0.473 e. The van der Waals surface area contributed by atoms with Gasteiger partial charge in [-0.2, -0.15) is 18.3 Å². The van der Waals surface area contributed by atoms with Crippen molar-refractivity contribution < 1.29 is 17.9 Å². The van der Waals surface area contributed by atoms with E-state index in [9.17, 15) is 13.2 Å². The number of hydrogen-bond acceptors (Lipinski definition) is 3. The van der Waals surface area contributed by atoms with Gasteiger partial charge in [-0.3, -0.25) is 5.73 Å². The molecule has 19 heavy (non-hydrogen) atoms. The standard InChI is InChI=1S/C12H12F3N3O/c1-8(16)19-11-6-17-18(7-11)10-4-2-3-9(5-10)12(13,14)15/h2-8H,16H2,1H3. The van der Waals surface area contributed by atoms with Crippen LogP contribution in [0.4, 0.5) is 13.2 Å². The second-order valence-electron chi connectivity index (χ2n) is 3.99. The predicted octanol–water partition coefficient (Wildman–Crippen LogP) is 2.57. The number of rotatable bonds is 3. The van der Waals surface area contributed by atoms with Crippen LogP contribution in [0.1, 0.15) is 12.5 Å². The number of nitrogens with zero attached hydrogens (tertiary/aromatic N) is 2. The quantitative estimate of drug-likeness (QED) is 0.873. The molecule has 0 bridgehead atoms. The Hall–Kier alpha value is -2.02. The lowest BCUT2D eigenvalue weighted by Crippen LogP contribution is -2.22. The minimum absolute atomic E-state index is 0.300. The Balaban J connectivity index is 2.29. The molecule has 0 spiro atoms. The molecule has 1 atom stereocenters. The van der Waals surface area contributed by atoms with Gasteiger partial charge in [0.15, 0.2) is 5.75 Å². The van der Waals surface area contributed by atoms with Crippen LogP contribution in [0.3, 0.4) is 0 Å². The van der Waals surface area contributed by atoms with Crippen LogP contribution in [0, 0.1) is 0 Å². The second kappa shape index (κ2) is 4.93. The molecule has 7 heteroatoms. The lowest BCUT2D eigenvalue weighted by Gasteiger charge is -2.08. The highest BCUT2D eigenvalue weighted by Crippen LogP contribution is 2.30. The summed E-state index contributed by atoms with van der Waals surface area (Å²) in [5.41, 5.74) is 5.02. The molecule has 1 aromatic carbocycles. The summed E-state index contributed by atoms with van der Waals surface area (Å²) in [6.07, 6.45) is -2.03. The van der Waals surface area contributed by atoms with Crippen LogP contribution >= 0.6 is 0 Å². The number of alkyl halides is 3.